The van der Waals surface area contributed by atoms with Gasteiger partial charge < -0.3 is 4.74 Å². The molecule has 1 aromatic carbocycles. The number of fused-ring (bicyclic) bond motifs is 1. The maximum absolute atomic E-state index is 13.6. The lowest BCUT2D eigenvalue weighted by Crippen LogP contribution is -2.38. The van der Waals surface area contributed by atoms with Crippen molar-refractivity contribution < 1.29 is 19.1 Å². The molecule has 0 saturated heterocycles. The minimum absolute atomic E-state index is 0.00253. The summed E-state index contributed by atoms with van der Waals surface area (Å²) in [6, 6.07) is 8.98. The highest BCUT2D eigenvalue weighted by molar-refractivity contribution is 6.00. The van der Waals surface area contributed by atoms with E-state index in [9.17, 15) is 14.4 Å². The van der Waals surface area contributed by atoms with Gasteiger partial charge in [0.1, 0.15) is 5.60 Å². The van der Waals surface area contributed by atoms with Crippen molar-refractivity contribution >= 4 is 17.8 Å². The maximum atomic E-state index is 13.6. The molecule has 3 aliphatic carbocycles. The number of hydrogen-bond donors (Lipinski definition) is 1. The second-order valence-electron chi connectivity index (χ2n) is 15.7. The van der Waals surface area contributed by atoms with Crippen molar-refractivity contribution in [2.75, 3.05) is 0 Å². The quantitative estimate of drug-likeness (QED) is 0.188. The molecular weight excluding hydrogens is 558 g/mol. The Hall–Kier alpha value is -2.95. The van der Waals surface area contributed by atoms with Crippen LogP contribution in [0.4, 0.5) is 0 Å². The summed E-state index contributed by atoms with van der Waals surface area (Å²) in [7, 11) is 0. The highest BCUT2D eigenvalue weighted by Gasteiger charge is 2.64. The number of carbonyl (C=O) groups excluding carboxylic acids is 3. The van der Waals surface area contributed by atoms with E-state index in [0.717, 1.165) is 69.8 Å². The molecule has 0 aromatic heterocycles. The summed E-state index contributed by atoms with van der Waals surface area (Å²) in [5.41, 5.74) is 6.80. The van der Waals surface area contributed by atoms with Crippen LogP contribution in [0.15, 0.2) is 59.2 Å². The van der Waals surface area contributed by atoms with Gasteiger partial charge in [-0.05, 0) is 126 Å². The Labute approximate surface area is 272 Å². The molecular formula is C40H57NO4. The van der Waals surface area contributed by atoms with Crippen molar-refractivity contribution in [1.29, 1.82) is 0 Å². The van der Waals surface area contributed by atoms with Crippen molar-refractivity contribution in [1.82, 2.24) is 5.32 Å². The first kappa shape index (κ1) is 34.9. The van der Waals surface area contributed by atoms with Gasteiger partial charge in [0, 0.05) is 19.3 Å². The van der Waals surface area contributed by atoms with Gasteiger partial charge in [-0.3, -0.25) is 19.7 Å². The lowest BCUT2D eigenvalue weighted by molar-refractivity contribution is -0.155. The van der Waals surface area contributed by atoms with Crippen molar-refractivity contribution in [3.63, 3.8) is 0 Å². The molecule has 3 aliphatic rings. The number of rotatable bonds is 12. The Morgan fingerprint density at radius 1 is 1.02 bits per heavy atom. The zero-order valence-electron chi connectivity index (χ0n) is 29.2. The smallest absolute Gasteiger partial charge is 0.306 e. The molecule has 0 bridgehead atoms. The van der Waals surface area contributed by atoms with Crippen LogP contribution in [0.1, 0.15) is 124 Å². The van der Waals surface area contributed by atoms with E-state index in [1.165, 1.54) is 34.8 Å². The summed E-state index contributed by atoms with van der Waals surface area (Å²) in [5.74, 6) is 0.152. The summed E-state index contributed by atoms with van der Waals surface area (Å²) in [5, 5.41) is 2.63. The van der Waals surface area contributed by atoms with Gasteiger partial charge in [-0.15, -0.1) is 0 Å². The van der Waals surface area contributed by atoms with E-state index >= 15 is 0 Å². The number of benzene rings is 1. The number of imide groups is 1. The molecule has 5 atom stereocenters. The average Bonchev–Trinajstić information content (AvgIpc) is 3.69. The zero-order valence-corrected chi connectivity index (χ0v) is 29.2. The minimum Gasteiger partial charge on any atom is -0.460 e. The molecule has 246 valence electrons. The van der Waals surface area contributed by atoms with Crippen molar-refractivity contribution in [3.05, 3.63) is 70.3 Å². The Kier molecular flexibility index (Phi) is 10.7. The minimum atomic E-state index is -0.660. The largest absolute Gasteiger partial charge is 0.460 e. The maximum Gasteiger partial charge on any atom is 0.306 e. The van der Waals surface area contributed by atoms with Crippen LogP contribution in [0, 0.1) is 28.6 Å². The highest BCUT2D eigenvalue weighted by atomic mass is 16.6. The number of amides is 2. The summed E-state index contributed by atoms with van der Waals surface area (Å²) < 4.78 is 5.62. The van der Waals surface area contributed by atoms with E-state index in [1.807, 2.05) is 20.8 Å². The predicted molar refractivity (Wildman–Crippen MR) is 182 cm³/mol. The first-order chi connectivity index (χ1) is 21.1. The molecule has 5 unspecified atom stereocenters. The van der Waals surface area contributed by atoms with Gasteiger partial charge in [0.2, 0.25) is 11.8 Å². The second-order valence-corrected chi connectivity index (χ2v) is 15.7. The van der Waals surface area contributed by atoms with Crippen LogP contribution in [0.3, 0.4) is 0 Å². The van der Waals surface area contributed by atoms with E-state index in [4.69, 9.17) is 4.74 Å². The van der Waals surface area contributed by atoms with Gasteiger partial charge >= 0.3 is 5.97 Å². The summed E-state index contributed by atoms with van der Waals surface area (Å²) in [4.78, 5) is 38.1. The first-order valence-corrected chi connectivity index (χ1v) is 17.3. The van der Waals surface area contributed by atoms with Gasteiger partial charge in [-0.25, -0.2) is 0 Å². The molecule has 1 N–H and O–H groups in total. The number of esters is 1. The molecule has 5 heteroatoms. The Morgan fingerprint density at radius 3 is 2.31 bits per heavy atom. The van der Waals surface area contributed by atoms with E-state index in [2.05, 4.69) is 69.9 Å². The van der Waals surface area contributed by atoms with Crippen LogP contribution >= 0.6 is 0 Å². The van der Waals surface area contributed by atoms with Crippen molar-refractivity contribution in [2.45, 2.75) is 132 Å². The number of ether oxygens (including phenoxy) is 1. The fraction of sp³-hybridized carbons (Fsp3) is 0.625. The molecule has 2 amide bonds. The average molecular weight is 616 g/mol. The molecule has 1 saturated carbocycles. The second kappa shape index (κ2) is 13.8. The van der Waals surface area contributed by atoms with Crippen LogP contribution in [0.5, 0.6) is 0 Å². The zero-order chi connectivity index (χ0) is 33.2. The monoisotopic (exact) mass is 615 g/mol. The fourth-order valence-corrected chi connectivity index (χ4v) is 7.80. The molecule has 4 rings (SSSR count). The third kappa shape index (κ3) is 8.45. The Morgan fingerprint density at radius 2 is 1.69 bits per heavy atom. The number of allylic oxidation sites excluding steroid dienone is 4. The molecule has 0 radical (unpaired) electrons. The van der Waals surface area contributed by atoms with Gasteiger partial charge in [-0.1, -0.05) is 74.4 Å². The van der Waals surface area contributed by atoms with E-state index < -0.39 is 11.0 Å². The van der Waals surface area contributed by atoms with E-state index in [-0.39, 0.29) is 35.0 Å². The van der Waals surface area contributed by atoms with E-state index in [0.29, 0.717) is 12.3 Å². The summed E-state index contributed by atoms with van der Waals surface area (Å²) in [6.07, 6.45) is 12.1. The van der Waals surface area contributed by atoms with Crippen LogP contribution in [0.25, 0.3) is 0 Å². The Balaban J connectivity index is 1.58. The Bertz CT molecular complexity index is 1360. The van der Waals surface area contributed by atoms with Gasteiger partial charge in [0.15, 0.2) is 0 Å². The molecule has 1 fully saturated rings. The number of aryl methyl sites for hydroxylation is 2. The van der Waals surface area contributed by atoms with E-state index in [1.54, 1.807) is 0 Å². The molecule has 0 heterocycles. The van der Waals surface area contributed by atoms with Gasteiger partial charge in [0.05, 0.1) is 5.41 Å². The number of hydrogen-bond acceptors (Lipinski definition) is 4. The topological polar surface area (TPSA) is 72.5 Å². The normalized spacial score (nSPS) is 25.7. The first-order valence-electron chi connectivity index (χ1n) is 17.3. The number of carbonyl (C=O) groups is 3. The lowest BCUT2D eigenvalue weighted by atomic mass is 9.69. The number of nitrogens with one attached hydrogen (secondary N) is 1. The molecule has 1 aromatic rings. The fourth-order valence-electron chi connectivity index (χ4n) is 7.80. The van der Waals surface area contributed by atoms with Crippen molar-refractivity contribution in [2.24, 2.45) is 28.6 Å². The predicted octanol–water partition coefficient (Wildman–Crippen LogP) is 9.01. The highest BCUT2D eigenvalue weighted by Crippen LogP contribution is 2.66. The van der Waals surface area contributed by atoms with Crippen LogP contribution < -0.4 is 5.32 Å². The molecule has 45 heavy (non-hydrogen) atoms. The molecule has 0 spiro atoms. The van der Waals surface area contributed by atoms with Crippen molar-refractivity contribution in [3.8, 4) is 0 Å². The lowest BCUT2D eigenvalue weighted by Gasteiger charge is -2.36. The van der Waals surface area contributed by atoms with Gasteiger partial charge in [0.25, 0.3) is 0 Å². The van der Waals surface area contributed by atoms with Crippen LogP contribution in [-0.2, 0) is 32.0 Å². The summed E-state index contributed by atoms with van der Waals surface area (Å²) in [6.45, 7) is 20.9. The molecule has 0 aliphatic heterocycles. The summed E-state index contributed by atoms with van der Waals surface area (Å²) >= 11 is 0. The van der Waals surface area contributed by atoms with Crippen LogP contribution in [-0.4, -0.2) is 23.4 Å². The standard InChI is InChI=1S/C40H57NO4/c1-10-30-13-15-31(16-14-30)17-20-39(9,19-11-12-36(43)45-38(6,7)8)21-18-34-28(4)40(37(44)41-29(5)42)25-33(40)24-32-22-26(2)27(3)23-35(32)34/h13-16,22,27,33-34H,4,10-12,17-21,23-25H2,1-3,5-9H3,(H,41,42,44). The SMILES string of the molecule is C=C1C(CCC(C)(CCCC(=O)OC(C)(C)C)CCc2ccc(CC)cc2)C2=C(C=C(C)C(C)C2)CC2CC12C(=O)NC(C)=O. The van der Waals surface area contributed by atoms with Gasteiger partial charge in [-0.2, -0.15) is 0 Å². The van der Waals surface area contributed by atoms with Crippen LogP contribution in [0.2, 0.25) is 0 Å². The third-order valence-corrected chi connectivity index (χ3v) is 10.9. The molecule has 5 nitrogen and oxygen atoms in total. The third-order valence-electron chi connectivity index (χ3n) is 10.9.